The van der Waals surface area contributed by atoms with Gasteiger partial charge in [-0.15, -0.1) is 0 Å². The van der Waals surface area contributed by atoms with Crippen molar-refractivity contribution in [1.82, 2.24) is 9.55 Å². The molecule has 1 heterocycles. The Morgan fingerprint density at radius 3 is 2.50 bits per heavy atom. The summed E-state index contributed by atoms with van der Waals surface area (Å²) in [5, 5.41) is 3.29. The zero-order chi connectivity index (χ0) is 17.5. The van der Waals surface area contributed by atoms with Crippen molar-refractivity contribution in [2.24, 2.45) is 16.6 Å². The van der Waals surface area contributed by atoms with E-state index in [9.17, 15) is 0 Å². The van der Waals surface area contributed by atoms with Crippen LogP contribution in [0.4, 0.5) is 5.69 Å². The van der Waals surface area contributed by atoms with Gasteiger partial charge in [0.25, 0.3) is 0 Å². The lowest BCUT2D eigenvalue weighted by Gasteiger charge is -2.15. The Kier molecular flexibility index (Phi) is 6.41. The zero-order valence-electron chi connectivity index (χ0n) is 15.2. The van der Waals surface area contributed by atoms with Gasteiger partial charge in [-0.05, 0) is 29.9 Å². The lowest BCUT2D eigenvalue weighted by Crippen LogP contribution is -2.24. The average Bonchev–Trinajstić information content (AvgIpc) is 2.99. The molecule has 0 spiro atoms. The molecular weight excluding hydrogens is 298 g/mol. The van der Waals surface area contributed by atoms with Crippen LogP contribution in [0.2, 0.25) is 0 Å². The quantitative estimate of drug-likeness (QED) is 0.603. The van der Waals surface area contributed by atoms with E-state index in [0.29, 0.717) is 18.4 Å². The van der Waals surface area contributed by atoms with Crippen LogP contribution in [-0.2, 0) is 25.9 Å². The van der Waals surface area contributed by atoms with E-state index in [1.807, 2.05) is 12.4 Å². The third kappa shape index (κ3) is 4.60. The van der Waals surface area contributed by atoms with Crippen LogP contribution >= 0.6 is 0 Å². The summed E-state index contributed by atoms with van der Waals surface area (Å²) >= 11 is 0. The third-order valence-corrected chi connectivity index (χ3v) is 4.01. The molecule has 5 heteroatoms. The molecule has 0 bridgehead atoms. The molecule has 5 nitrogen and oxygen atoms in total. The average molecular weight is 327 g/mol. The van der Waals surface area contributed by atoms with Crippen molar-refractivity contribution in [3.8, 4) is 0 Å². The minimum atomic E-state index is 0.435. The van der Waals surface area contributed by atoms with Crippen molar-refractivity contribution in [2.75, 3.05) is 5.32 Å². The predicted octanol–water partition coefficient (Wildman–Crippen LogP) is 3.59. The van der Waals surface area contributed by atoms with E-state index in [1.165, 1.54) is 11.1 Å². The van der Waals surface area contributed by atoms with Gasteiger partial charge in [0.05, 0.1) is 0 Å². The highest BCUT2D eigenvalue weighted by Gasteiger charge is 2.08. The van der Waals surface area contributed by atoms with Crippen molar-refractivity contribution in [1.29, 1.82) is 0 Å². The minimum absolute atomic E-state index is 0.435. The van der Waals surface area contributed by atoms with E-state index in [4.69, 9.17) is 5.73 Å². The summed E-state index contributed by atoms with van der Waals surface area (Å²) in [6.45, 7) is 10.1. The fourth-order valence-electron chi connectivity index (χ4n) is 2.78. The van der Waals surface area contributed by atoms with Crippen LogP contribution in [0.5, 0.6) is 0 Å². The number of benzene rings is 1. The minimum Gasteiger partial charge on any atom is -0.370 e. The summed E-state index contributed by atoms with van der Waals surface area (Å²) in [5.74, 6) is 1.94. The standard InChI is InChI=1S/C19H29N5/c1-5-15-8-7-9-16(6-2)18(15)23-19(20)22-12-17-21-10-11-24(17)13-14(3)4/h7-11,14H,5-6,12-13H2,1-4H3,(H3,20,22,23). The molecular formula is C19H29N5. The molecule has 130 valence electrons. The molecule has 0 aliphatic heterocycles. The molecule has 2 aromatic rings. The maximum atomic E-state index is 6.12. The van der Waals surface area contributed by atoms with E-state index in [1.54, 1.807) is 0 Å². The molecule has 0 aliphatic carbocycles. The van der Waals surface area contributed by atoms with Gasteiger partial charge in [0.2, 0.25) is 0 Å². The summed E-state index contributed by atoms with van der Waals surface area (Å²) in [4.78, 5) is 8.87. The van der Waals surface area contributed by atoms with Crippen LogP contribution in [0.3, 0.4) is 0 Å². The summed E-state index contributed by atoms with van der Waals surface area (Å²) in [6, 6.07) is 6.35. The van der Waals surface area contributed by atoms with Gasteiger partial charge < -0.3 is 15.6 Å². The summed E-state index contributed by atoms with van der Waals surface area (Å²) in [6.07, 6.45) is 5.74. The fourth-order valence-corrected chi connectivity index (χ4v) is 2.78. The predicted molar refractivity (Wildman–Crippen MR) is 101 cm³/mol. The maximum Gasteiger partial charge on any atom is 0.193 e. The lowest BCUT2D eigenvalue weighted by atomic mass is 10.0. The molecule has 0 atom stereocenters. The number of para-hydroxylation sites is 1. The molecule has 3 N–H and O–H groups in total. The molecule has 24 heavy (non-hydrogen) atoms. The molecule has 0 saturated carbocycles. The summed E-state index contributed by atoms with van der Waals surface area (Å²) in [5.41, 5.74) is 9.73. The van der Waals surface area contributed by atoms with Crippen LogP contribution < -0.4 is 11.1 Å². The van der Waals surface area contributed by atoms with Gasteiger partial charge in [0.1, 0.15) is 12.4 Å². The highest BCUT2D eigenvalue weighted by Crippen LogP contribution is 2.22. The molecule has 0 aliphatic rings. The Bertz CT molecular complexity index is 663. The van der Waals surface area contributed by atoms with E-state index < -0.39 is 0 Å². The first-order valence-corrected chi connectivity index (χ1v) is 8.72. The Hall–Kier alpha value is -2.30. The van der Waals surface area contributed by atoms with Gasteiger partial charge in [-0.3, -0.25) is 0 Å². The highest BCUT2D eigenvalue weighted by atomic mass is 15.1. The van der Waals surface area contributed by atoms with E-state index in [0.717, 1.165) is 30.9 Å². The number of hydrogen-bond donors (Lipinski definition) is 2. The summed E-state index contributed by atoms with van der Waals surface area (Å²) in [7, 11) is 0. The number of imidazole rings is 1. The number of anilines is 1. The van der Waals surface area contributed by atoms with E-state index in [-0.39, 0.29) is 0 Å². The number of aryl methyl sites for hydroxylation is 2. The van der Waals surface area contributed by atoms with Crippen molar-refractivity contribution in [3.05, 3.63) is 47.5 Å². The molecule has 1 aromatic heterocycles. The van der Waals surface area contributed by atoms with Gasteiger partial charge in [-0.2, -0.15) is 0 Å². The Balaban J connectivity index is 2.12. The Morgan fingerprint density at radius 2 is 1.92 bits per heavy atom. The number of nitrogens with two attached hydrogens (primary N) is 1. The topological polar surface area (TPSA) is 68.2 Å². The van der Waals surface area contributed by atoms with Gasteiger partial charge >= 0.3 is 0 Å². The fraction of sp³-hybridized carbons (Fsp3) is 0.474. The summed E-state index contributed by atoms with van der Waals surface area (Å²) < 4.78 is 2.14. The molecule has 1 aromatic carbocycles. The number of aromatic nitrogens is 2. The first kappa shape index (κ1) is 18.0. The van der Waals surface area contributed by atoms with Crippen LogP contribution in [0.25, 0.3) is 0 Å². The monoisotopic (exact) mass is 327 g/mol. The molecule has 0 saturated heterocycles. The smallest absolute Gasteiger partial charge is 0.193 e. The highest BCUT2D eigenvalue weighted by molar-refractivity contribution is 5.93. The van der Waals surface area contributed by atoms with Crippen LogP contribution in [0.1, 0.15) is 44.6 Å². The van der Waals surface area contributed by atoms with Crippen molar-refractivity contribution >= 4 is 11.6 Å². The van der Waals surface area contributed by atoms with Crippen molar-refractivity contribution in [2.45, 2.75) is 53.6 Å². The number of rotatable bonds is 7. The van der Waals surface area contributed by atoms with Gasteiger partial charge in [0.15, 0.2) is 5.96 Å². The number of aliphatic imine (C=N–C) groups is 1. The first-order valence-electron chi connectivity index (χ1n) is 8.72. The molecule has 0 radical (unpaired) electrons. The molecule has 0 unspecified atom stereocenters. The Labute approximate surface area is 145 Å². The second kappa shape index (κ2) is 8.52. The third-order valence-electron chi connectivity index (χ3n) is 4.01. The number of nitrogens with zero attached hydrogens (tertiary/aromatic N) is 3. The maximum absolute atomic E-state index is 6.12. The van der Waals surface area contributed by atoms with Crippen molar-refractivity contribution < 1.29 is 0 Å². The molecule has 2 rings (SSSR count). The SMILES string of the molecule is CCc1cccc(CC)c1NC(N)=NCc1nccn1CC(C)C. The number of guanidine groups is 1. The second-order valence-corrected chi connectivity index (χ2v) is 6.37. The number of hydrogen-bond acceptors (Lipinski definition) is 2. The molecule has 0 amide bonds. The van der Waals surface area contributed by atoms with Gasteiger partial charge in [-0.25, -0.2) is 9.98 Å². The Morgan fingerprint density at radius 1 is 1.25 bits per heavy atom. The normalized spacial score (nSPS) is 12.0. The van der Waals surface area contributed by atoms with Crippen LogP contribution in [-0.4, -0.2) is 15.5 Å². The van der Waals surface area contributed by atoms with Gasteiger partial charge in [-0.1, -0.05) is 45.9 Å². The van der Waals surface area contributed by atoms with Crippen LogP contribution in [0.15, 0.2) is 35.6 Å². The first-order chi connectivity index (χ1) is 11.5. The second-order valence-electron chi connectivity index (χ2n) is 6.37. The van der Waals surface area contributed by atoms with Gasteiger partial charge in [0, 0.05) is 24.6 Å². The van der Waals surface area contributed by atoms with Crippen LogP contribution in [0, 0.1) is 5.92 Å². The van der Waals surface area contributed by atoms with E-state index >= 15 is 0 Å². The lowest BCUT2D eigenvalue weighted by molar-refractivity contribution is 0.507. The number of nitrogens with one attached hydrogen (secondary N) is 1. The van der Waals surface area contributed by atoms with Crippen molar-refractivity contribution in [3.63, 3.8) is 0 Å². The molecule has 0 fully saturated rings. The largest absolute Gasteiger partial charge is 0.370 e. The van der Waals surface area contributed by atoms with E-state index in [2.05, 4.69) is 65.8 Å². The zero-order valence-corrected chi connectivity index (χ0v) is 15.2.